The second kappa shape index (κ2) is 9.49. The van der Waals surface area contributed by atoms with Crippen molar-refractivity contribution in [3.63, 3.8) is 0 Å². The lowest BCUT2D eigenvalue weighted by Crippen LogP contribution is -2.51. The molecule has 160 valence electrons. The van der Waals surface area contributed by atoms with Crippen LogP contribution in [-0.2, 0) is 0 Å². The van der Waals surface area contributed by atoms with Gasteiger partial charge in [0.1, 0.15) is 6.20 Å². The molecule has 1 aromatic heterocycles. The number of hydrogen-bond acceptors (Lipinski definition) is 8. The van der Waals surface area contributed by atoms with Crippen molar-refractivity contribution in [2.45, 2.75) is 44.9 Å². The molecule has 3 N–H and O–H groups in total. The maximum Gasteiger partial charge on any atom is 0.329 e. The van der Waals surface area contributed by atoms with Crippen molar-refractivity contribution in [1.82, 2.24) is 20.2 Å². The van der Waals surface area contributed by atoms with Gasteiger partial charge in [0.05, 0.1) is 11.1 Å². The number of hydrogen-bond donors (Lipinski definition) is 3. The van der Waals surface area contributed by atoms with Crippen LogP contribution in [0.5, 0.6) is 0 Å². The summed E-state index contributed by atoms with van der Waals surface area (Å²) in [6, 6.07) is 9.10. The zero-order chi connectivity index (χ0) is 21.7. The molecule has 1 fully saturated rings. The lowest BCUT2D eigenvalue weighted by atomic mass is 10.0. The van der Waals surface area contributed by atoms with Crippen molar-refractivity contribution in [3.05, 3.63) is 52.2 Å². The molecule has 2 atom stereocenters. The second-order valence-corrected chi connectivity index (χ2v) is 7.69. The Kier molecular flexibility index (Phi) is 6.78. The standard InChI is InChI=1S/C20H27N7O3/c1-13(2)22-18-16(27(29)30)12-21-20(25-18)24-17-11-15(9-10-26(17)3)23-19(28)14-7-5-4-6-8-14/h4-8,12-13,15,17H,9-11H2,1-3H3,(H,23,28)(H2,21,22,24,25). The van der Waals surface area contributed by atoms with Gasteiger partial charge in [0.2, 0.25) is 11.8 Å². The maximum absolute atomic E-state index is 12.5. The highest BCUT2D eigenvalue weighted by atomic mass is 16.6. The molecule has 1 amide bonds. The number of carbonyl (C=O) groups excluding carboxylic acids is 1. The van der Waals surface area contributed by atoms with E-state index in [1.54, 1.807) is 12.1 Å². The molecule has 3 rings (SSSR count). The molecule has 30 heavy (non-hydrogen) atoms. The maximum atomic E-state index is 12.5. The van der Waals surface area contributed by atoms with E-state index >= 15 is 0 Å². The minimum Gasteiger partial charge on any atom is -0.362 e. The molecule has 1 aliphatic heterocycles. The van der Waals surface area contributed by atoms with Crippen LogP contribution in [-0.4, -0.2) is 57.5 Å². The van der Waals surface area contributed by atoms with Crippen molar-refractivity contribution >= 4 is 23.4 Å². The van der Waals surface area contributed by atoms with Crippen LogP contribution in [0.4, 0.5) is 17.5 Å². The summed E-state index contributed by atoms with van der Waals surface area (Å²) >= 11 is 0. The number of rotatable bonds is 7. The van der Waals surface area contributed by atoms with Gasteiger partial charge in [0, 0.05) is 30.6 Å². The average molecular weight is 413 g/mol. The summed E-state index contributed by atoms with van der Waals surface area (Å²) in [5.41, 5.74) is 0.461. The smallest absolute Gasteiger partial charge is 0.329 e. The fourth-order valence-corrected chi connectivity index (χ4v) is 3.35. The summed E-state index contributed by atoms with van der Waals surface area (Å²) in [7, 11) is 1.98. The molecule has 2 aromatic rings. The number of nitrogens with zero attached hydrogens (tertiary/aromatic N) is 4. The Bertz CT molecular complexity index is 891. The van der Waals surface area contributed by atoms with Crippen LogP contribution in [0.3, 0.4) is 0 Å². The monoisotopic (exact) mass is 413 g/mol. The molecule has 2 unspecified atom stereocenters. The van der Waals surface area contributed by atoms with Gasteiger partial charge < -0.3 is 16.0 Å². The van der Waals surface area contributed by atoms with Crippen molar-refractivity contribution in [2.75, 3.05) is 24.2 Å². The summed E-state index contributed by atoms with van der Waals surface area (Å²) in [6.45, 7) is 4.54. The molecule has 0 saturated carbocycles. The average Bonchev–Trinajstić information content (AvgIpc) is 2.70. The van der Waals surface area contributed by atoms with Gasteiger partial charge in [-0.15, -0.1) is 0 Å². The van der Waals surface area contributed by atoms with E-state index in [2.05, 4.69) is 30.8 Å². The normalized spacial score (nSPS) is 19.3. The molecular weight excluding hydrogens is 386 g/mol. The fourth-order valence-electron chi connectivity index (χ4n) is 3.35. The fraction of sp³-hybridized carbons (Fsp3) is 0.450. The quantitative estimate of drug-likeness (QED) is 0.467. The predicted octanol–water partition coefficient (Wildman–Crippen LogP) is 2.47. The van der Waals surface area contributed by atoms with E-state index < -0.39 is 4.92 Å². The molecule has 1 aliphatic rings. The van der Waals surface area contributed by atoms with E-state index in [1.807, 2.05) is 39.1 Å². The van der Waals surface area contributed by atoms with Crippen molar-refractivity contribution in [3.8, 4) is 0 Å². The van der Waals surface area contributed by atoms with E-state index in [0.29, 0.717) is 17.9 Å². The van der Waals surface area contributed by atoms with Crippen LogP contribution in [0.25, 0.3) is 0 Å². The first-order valence-electron chi connectivity index (χ1n) is 9.94. The number of anilines is 2. The third-order valence-electron chi connectivity index (χ3n) is 4.93. The summed E-state index contributed by atoms with van der Waals surface area (Å²) in [5.74, 6) is 0.384. The van der Waals surface area contributed by atoms with Gasteiger partial charge in [0.25, 0.3) is 5.91 Å². The highest BCUT2D eigenvalue weighted by Gasteiger charge is 2.28. The molecule has 1 saturated heterocycles. The van der Waals surface area contributed by atoms with Gasteiger partial charge in [-0.05, 0) is 39.4 Å². The Hall–Kier alpha value is -3.27. The first kappa shape index (κ1) is 21.4. The molecule has 0 spiro atoms. The molecule has 0 bridgehead atoms. The SMILES string of the molecule is CC(C)Nc1nc(NC2CC(NC(=O)c3ccccc3)CCN2C)ncc1[N+](=O)[O-]. The summed E-state index contributed by atoms with van der Waals surface area (Å²) < 4.78 is 0. The third-order valence-corrected chi connectivity index (χ3v) is 4.93. The van der Waals surface area contributed by atoms with Crippen LogP contribution in [0.1, 0.15) is 37.0 Å². The number of nitrogens with one attached hydrogen (secondary N) is 3. The minimum atomic E-state index is -0.504. The number of amides is 1. The van der Waals surface area contributed by atoms with E-state index in [-0.39, 0.29) is 35.7 Å². The lowest BCUT2D eigenvalue weighted by molar-refractivity contribution is -0.384. The molecule has 10 heteroatoms. The second-order valence-electron chi connectivity index (χ2n) is 7.69. The van der Waals surface area contributed by atoms with Gasteiger partial charge in [-0.3, -0.25) is 19.8 Å². The number of piperidine rings is 1. The Morgan fingerprint density at radius 2 is 2.03 bits per heavy atom. The number of carbonyl (C=O) groups is 1. The van der Waals surface area contributed by atoms with Gasteiger partial charge in [-0.25, -0.2) is 4.98 Å². The minimum absolute atomic E-state index is 0.00212. The number of likely N-dealkylation sites (tertiary alicyclic amines) is 1. The largest absolute Gasteiger partial charge is 0.362 e. The highest BCUT2D eigenvalue weighted by molar-refractivity contribution is 5.94. The summed E-state index contributed by atoms with van der Waals surface area (Å²) in [4.78, 5) is 33.7. The zero-order valence-electron chi connectivity index (χ0n) is 17.3. The molecular formula is C20H27N7O3. The predicted molar refractivity (Wildman–Crippen MR) is 114 cm³/mol. The Morgan fingerprint density at radius 3 is 2.70 bits per heavy atom. The van der Waals surface area contributed by atoms with Crippen LogP contribution in [0.2, 0.25) is 0 Å². The molecule has 0 radical (unpaired) electrons. The summed E-state index contributed by atoms with van der Waals surface area (Å²) in [5, 5.41) is 20.6. The van der Waals surface area contributed by atoms with Crippen molar-refractivity contribution < 1.29 is 9.72 Å². The van der Waals surface area contributed by atoms with Crippen LogP contribution >= 0.6 is 0 Å². The molecule has 0 aliphatic carbocycles. The van der Waals surface area contributed by atoms with Gasteiger partial charge in [0.15, 0.2) is 0 Å². The van der Waals surface area contributed by atoms with Crippen LogP contribution in [0, 0.1) is 10.1 Å². The van der Waals surface area contributed by atoms with Crippen LogP contribution < -0.4 is 16.0 Å². The molecule has 10 nitrogen and oxygen atoms in total. The van der Waals surface area contributed by atoms with Crippen LogP contribution in [0.15, 0.2) is 36.5 Å². The number of nitro groups is 1. The Labute approximate surface area is 175 Å². The molecule has 1 aromatic carbocycles. The Morgan fingerprint density at radius 1 is 1.30 bits per heavy atom. The summed E-state index contributed by atoms with van der Waals surface area (Å²) in [6.07, 6.45) is 2.57. The Balaban J connectivity index is 1.69. The zero-order valence-corrected chi connectivity index (χ0v) is 17.3. The van der Waals surface area contributed by atoms with Gasteiger partial charge >= 0.3 is 5.69 Å². The molecule has 2 heterocycles. The number of benzene rings is 1. The highest BCUT2D eigenvalue weighted by Crippen LogP contribution is 2.24. The lowest BCUT2D eigenvalue weighted by Gasteiger charge is -2.37. The van der Waals surface area contributed by atoms with Crippen molar-refractivity contribution in [2.24, 2.45) is 0 Å². The topological polar surface area (TPSA) is 125 Å². The third kappa shape index (κ3) is 5.41. The van der Waals surface area contributed by atoms with Gasteiger partial charge in [-0.1, -0.05) is 18.2 Å². The van der Waals surface area contributed by atoms with Gasteiger partial charge in [-0.2, -0.15) is 4.98 Å². The van der Waals surface area contributed by atoms with E-state index in [0.717, 1.165) is 13.0 Å². The van der Waals surface area contributed by atoms with E-state index in [9.17, 15) is 14.9 Å². The van der Waals surface area contributed by atoms with E-state index in [4.69, 9.17) is 0 Å². The first-order valence-corrected chi connectivity index (χ1v) is 9.94. The van der Waals surface area contributed by atoms with Crippen molar-refractivity contribution in [1.29, 1.82) is 0 Å². The first-order chi connectivity index (χ1) is 14.3. The van der Waals surface area contributed by atoms with E-state index in [1.165, 1.54) is 6.20 Å². The number of aromatic nitrogens is 2.